The number of hydrogen-bond acceptors (Lipinski definition) is 2. The maximum atomic E-state index is 10.6. The molecular formula is C6H15NO2S. The molecule has 0 fully saturated rings. The zero-order valence-corrected chi connectivity index (χ0v) is 7.32. The van der Waals surface area contributed by atoms with Crippen molar-refractivity contribution in [2.75, 3.05) is 0 Å². The molecule has 0 aromatic carbocycles. The number of primary sulfonamides is 1. The molecule has 0 saturated heterocycles. The number of nitrogens with two attached hydrogens (primary N) is 1. The minimum absolute atomic E-state index is 0.382. The van der Waals surface area contributed by atoms with Crippen molar-refractivity contribution >= 4 is 10.0 Å². The van der Waals surface area contributed by atoms with E-state index in [4.69, 9.17) is 5.14 Å². The predicted molar refractivity (Wildman–Crippen MR) is 42.1 cm³/mol. The van der Waals surface area contributed by atoms with Gasteiger partial charge in [-0.2, -0.15) is 0 Å². The molecule has 1 atom stereocenters. The minimum atomic E-state index is -3.28. The normalized spacial score (nSPS) is 15.1. The van der Waals surface area contributed by atoms with Crippen LogP contribution in [0.2, 0.25) is 0 Å². The van der Waals surface area contributed by atoms with Crippen molar-refractivity contribution in [3.8, 4) is 0 Å². The smallest absolute Gasteiger partial charge is 0.211 e. The SMILES string of the molecule is CCCC[C@@H](C)S(N)(=O)=O. The van der Waals surface area contributed by atoms with Crippen molar-refractivity contribution in [1.82, 2.24) is 0 Å². The molecule has 0 aliphatic heterocycles. The molecule has 3 nitrogen and oxygen atoms in total. The summed E-state index contributed by atoms with van der Waals surface area (Å²) in [5, 5.41) is 4.51. The molecule has 0 unspecified atom stereocenters. The number of unbranched alkanes of at least 4 members (excludes halogenated alkanes) is 1. The maximum Gasteiger partial charge on any atom is 0.211 e. The highest BCUT2D eigenvalue weighted by Gasteiger charge is 2.13. The molecule has 10 heavy (non-hydrogen) atoms. The molecule has 0 spiro atoms. The highest BCUT2D eigenvalue weighted by atomic mass is 32.2. The maximum absolute atomic E-state index is 10.6. The van der Waals surface area contributed by atoms with Crippen molar-refractivity contribution in [1.29, 1.82) is 0 Å². The van der Waals surface area contributed by atoms with Crippen LogP contribution in [0.5, 0.6) is 0 Å². The van der Waals surface area contributed by atoms with Gasteiger partial charge in [-0.1, -0.05) is 19.8 Å². The van der Waals surface area contributed by atoms with Crippen LogP contribution in [0.1, 0.15) is 33.1 Å². The summed E-state index contributed by atoms with van der Waals surface area (Å²) in [6.07, 6.45) is 2.62. The Morgan fingerprint density at radius 3 is 2.30 bits per heavy atom. The Hall–Kier alpha value is -0.0900. The van der Waals surface area contributed by atoms with Crippen LogP contribution in [-0.4, -0.2) is 13.7 Å². The second-order valence-electron chi connectivity index (χ2n) is 2.54. The van der Waals surface area contributed by atoms with Gasteiger partial charge < -0.3 is 0 Å². The summed E-state index contributed by atoms with van der Waals surface area (Å²) in [6, 6.07) is 0. The van der Waals surface area contributed by atoms with Crippen LogP contribution in [-0.2, 0) is 10.0 Å². The molecule has 62 valence electrons. The lowest BCUT2D eigenvalue weighted by atomic mass is 10.2. The zero-order chi connectivity index (χ0) is 8.20. The van der Waals surface area contributed by atoms with Crippen LogP contribution in [0.25, 0.3) is 0 Å². The quantitative estimate of drug-likeness (QED) is 0.671. The standard InChI is InChI=1S/C6H15NO2S/c1-3-4-5-6(2)10(7,8)9/h6H,3-5H2,1-2H3,(H2,7,8,9)/t6-/m1/s1. The fraction of sp³-hybridized carbons (Fsp3) is 1.00. The second kappa shape index (κ2) is 3.93. The van der Waals surface area contributed by atoms with E-state index in [1.165, 1.54) is 0 Å². The summed E-state index contributed by atoms with van der Waals surface area (Å²) in [4.78, 5) is 0. The number of rotatable bonds is 4. The molecule has 4 heteroatoms. The molecular weight excluding hydrogens is 150 g/mol. The molecule has 0 aromatic heterocycles. The van der Waals surface area contributed by atoms with Gasteiger partial charge in [0.15, 0.2) is 0 Å². The molecule has 0 bridgehead atoms. The van der Waals surface area contributed by atoms with E-state index in [0.29, 0.717) is 6.42 Å². The molecule has 0 heterocycles. The molecule has 0 saturated carbocycles. The molecule has 0 amide bonds. The summed E-state index contributed by atoms with van der Waals surface area (Å²) in [6.45, 7) is 3.67. The van der Waals surface area contributed by atoms with Crippen LogP contribution in [0, 0.1) is 0 Å². The first-order chi connectivity index (χ1) is 4.48. The first-order valence-corrected chi connectivity index (χ1v) is 5.11. The van der Waals surface area contributed by atoms with Gasteiger partial charge in [-0.15, -0.1) is 0 Å². The molecule has 0 aliphatic rings. The Morgan fingerprint density at radius 2 is 2.00 bits per heavy atom. The van der Waals surface area contributed by atoms with Crippen LogP contribution in [0.15, 0.2) is 0 Å². The molecule has 0 rings (SSSR count). The van der Waals surface area contributed by atoms with E-state index in [1.54, 1.807) is 6.92 Å². The Bertz CT molecular complexity index is 174. The van der Waals surface area contributed by atoms with E-state index in [1.807, 2.05) is 6.92 Å². The van der Waals surface area contributed by atoms with Crippen LogP contribution >= 0.6 is 0 Å². The molecule has 0 radical (unpaired) electrons. The highest BCUT2D eigenvalue weighted by Crippen LogP contribution is 2.05. The lowest BCUT2D eigenvalue weighted by Gasteiger charge is -2.06. The second-order valence-corrected chi connectivity index (χ2v) is 4.52. The molecule has 2 N–H and O–H groups in total. The monoisotopic (exact) mass is 165 g/mol. The van der Waals surface area contributed by atoms with Gasteiger partial charge in [0, 0.05) is 0 Å². The summed E-state index contributed by atoms with van der Waals surface area (Å²) >= 11 is 0. The third kappa shape index (κ3) is 3.85. The Labute approximate surface area is 62.7 Å². The predicted octanol–water partition coefficient (Wildman–Crippen LogP) is 0.854. The Morgan fingerprint density at radius 1 is 1.50 bits per heavy atom. The fourth-order valence-electron chi connectivity index (χ4n) is 0.656. The molecule has 0 aliphatic carbocycles. The van der Waals surface area contributed by atoms with Gasteiger partial charge in [-0.25, -0.2) is 13.6 Å². The zero-order valence-electron chi connectivity index (χ0n) is 6.50. The lowest BCUT2D eigenvalue weighted by molar-refractivity contribution is 0.573. The van der Waals surface area contributed by atoms with Crippen LogP contribution < -0.4 is 5.14 Å². The van der Waals surface area contributed by atoms with Crippen molar-refractivity contribution in [3.63, 3.8) is 0 Å². The lowest BCUT2D eigenvalue weighted by Crippen LogP contribution is -2.25. The van der Waals surface area contributed by atoms with Gasteiger partial charge in [-0.05, 0) is 13.3 Å². The average Bonchev–Trinajstić information content (AvgIpc) is 1.80. The van der Waals surface area contributed by atoms with E-state index >= 15 is 0 Å². The largest absolute Gasteiger partial charge is 0.228 e. The van der Waals surface area contributed by atoms with Crippen LogP contribution in [0.4, 0.5) is 0 Å². The van der Waals surface area contributed by atoms with Gasteiger partial charge in [0.05, 0.1) is 5.25 Å². The van der Waals surface area contributed by atoms with E-state index in [-0.39, 0.29) is 5.25 Å². The van der Waals surface area contributed by atoms with E-state index in [9.17, 15) is 8.42 Å². The Balaban J connectivity index is 3.75. The van der Waals surface area contributed by atoms with E-state index < -0.39 is 10.0 Å². The van der Waals surface area contributed by atoms with Gasteiger partial charge >= 0.3 is 0 Å². The topological polar surface area (TPSA) is 60.2 Å². The average molecular weight is 165 g/mol. The first kappa shape index (κ1) is 9.91. The summed E-state index contributed by atoms with van der Waals surface area (Å²) in [5.74, 6) is 0. The molecule has 0 aromatic rings. The fourth-order valence-corrected chi connectivity index (χ4v) is 1.15. The number of sulfonamides is 1. The third-order valence-electron chi connectivity index (χ3n) is 1.53. The van der Waals surface area contributed by atoms with Gasteiger partial charge in [0.25, 0.3) is 0 Å². The highest BCUT2D eigenvalue weighted by molar-refractivity contribution is 7.89. The van der Waals surface area contributed by atoms with Crippen molar-refractivity contribution < 1.29 is 8.42 Å². The summed E-state index contributed by atoms with van der Waals surface area (Å²) in [5.41, 5.74) is 0. The van der Waals surface area contributed by atoms with Gasteiger partial charge in [0.1, 0.15) is 0 Å². The van der Waals surface area contributed by atoms with Crippen LogP contribution in [0.3, 0.4) is 0 Å². The van der Waals surface area contributed by atoms with E-state index in [2.05, 4.69) is 0 Å². The summed E-state index contributed by atoms with van der Waals surface area (Å²) in [7, 11) is -3.28. The number of hydrogen-bond donors (Lipinski definition) is 1. The van der Waals surface area contributed by atoms with Crippen molar-refractivity contribution in [3.05, 3.63) is 0 Å². The van der Waals surface area contributed by atoms with E-state index in [0.717, 1.165) is 12.8 Å². The van der Waals surface area contributed by atoms with Crippen molar-refractivity contribution in [2.24, 2.45) is 5.14 Å². The third-order valence-corrected chi connectivity index (χ3v) is 2.88. The van der Waals surface area contributed by atoms with Gasteiger partial charge in [0.2, 0.25) is 10.0 Å². The Kier molecular flexibility index (Phi) is 3.89. The van der Waals surface area contributed by atoms with Gasteiger partial charge in [-0.3, -0.25) is 0 Å². The van der Waals surface area contributed by atoms with Crippen molar-refractivity contribution in [2.45, 2.75) is 38.4 Å². The first-order valence-electron chi connectivity index (χ1n) is 3.50. The minimum Gasteiger partial charge on any atom is -0.228 e. The summed E-state index contributed by atoms with van der Waals surface area (Å²) < 4.78 is 21.2.